The van der Waals surface area contributed by atoms with Gasteiger partial charge in [0.15, 0.2) is 5.11 Å². The van der Waals surface area contributed by atoms with Gasteiger partial charge in [0, 0.05) is 19.8 Å². The van der Waals surface area contributed by atoms with Crippen molar-refractivity contribution in [3.8, 4) is 11.5 Å². The van der Waals surface area contributed by atoms with Crippen LogP contribution in [0.4, 0.5) is 16.3 Å². The Labute approximate surface area is 193 Å². The summed E-state index contributed by atoms with van der Waals surface area (Å²) in [5.74, 6) is 1.48. The summed E-state index contributed by atoms with van der Waals surface area (Å²) >= 11 is 4.90. The fourth-order valence-electron chi connectivity index (χ4n) is 2.07. The quantitative estimate of drug-likeness (QED) is 0.421. The maximum absolute atomic E-state index is 12.0. The first-order chi connectivity index (χ1) is 15.1. The highest BCUT2D eigenvalue weighted by atomic mass is 32.1. The molecule has 2 amide bonds. The summed E-state index contributed by atoms with van der Waals surface area (Å²) in [5, 5.41) is 7.93. The number of anilines is 2. The Morgan fingerprint density at radius 3 is 2.34 bits per heavy atom. The van der Waals surface area contributed by atoms with Crippen molar-refractivity contribution in [2.45, 2.75) is 40.2 Å². The van der Waals surface area contributed by atoms with Gasteiger partial charge in [-0.25, -0.2) is 9.78 Å². The van der Waals surface area contributed by atoms with Crippen LogP contribution in [0, 0.1) is 6.92 Å². The van der Waals surface area contributed by atoms with E-state index in [-0.39, 0.29) is 5.11 Å². The molecule has 0 aliphatic rings. The Morgan fingerprint density at radius 1 is 1.16 bits per heavy atom. The number of nitrogens with one attached hydrogen (secondary N) is 3. The number of methoxy groups -OCH3 is 1. The van der Waals surface area contributed by atoms with Crippen LogP contribution in [0.15, 0.2) is 36.5 Å². The fourth-order valence-corrected chi connectivity index (χ4v) is 2.22. The molecule has 0 unspecified atom stereocenters. The van der Waals surface area contributed by atoms with Crippen molar-refractivity contribution >= 4 is 41.3 Å². The van der Waals surface area contributed by atoms with E-state index in [2.05, 4.69) is 25.7 Å². The molecule has 3 N–H and O–H groups in total. The number of nitrogens with zero attached hydrogens (tertiary/aromatic N) is 1. The second-order valence-corrected chi connectivity index (χ2v) is 7.79. The predicted molar refractivity (Wildman–Crippen MR) is 128 cm³/mol. The minimum Gasteiger partial charge on any atom is -0.456 e. The Bertz CT molecular complexity index is 896. The van der Waals surface area contributed by atoms with Crippen molar-refractivity contribution in [2.75, 3.05) is 24.4 Å². The lowest BCUT2D eigenvalue weighted by Crippen LogP contribution is -2.27. The molecule has 0 radical (unpaired) electrons. The number of amides is 2. The van der Waals surface area contributed by atoms with Crippen molar-refractivity contribution in [3.63, 3.8) is 0 Å². The lowest BCUT2D eigenvalue weighted by molar-refractivity contribution is -0.108. The number of carbonyl (C=O) groups excluding carboxylic acids is 2. The summed E-state index contributed by atoms with van der Waals surface area (Å²) in [7, 11) is 1.68. The first-order valence-electron chi connectivity index (χ1n) is 9.82. The molecule has 32 heavy (non-hydrogen) atoms. The van der Waals surface area contributed by atoms with Crippen LogP contribution in [0.1, 0.15) is 33.3 Å². The van der Waals surface area contributed by atoms with Gasteiger partial charge in [0.2, 0.25) is 6.41 Å². The van der Waals surface area contributed by atoms with E-state index in [1.165, 1.54) is 6.20 Å². The summed E-state index contributed by atoms with van der Waals surface area (Å²) in [4.78, 5) is 26.5. The number of ether oxygens (including phenoxy) is 3. The maximum atomic E-state index is 12.0. The van der Waals surface area contributed by atoms with Gasteiger partial charge in [0.1, 0.15) is 22.9 Å². The molecular formula is C22H30N4O5S. The minimum absolute atomic E-state index is 0.146. The van der Waals surface area contributed by atoms with E-state index < -0.39 is 11.7 Å². The van der Waals surface area contributed by atoms with E-state index in [4.69, 9.17) is 21.7 Å². The van der Waals surface area contributed by atoms with Gasteiger partial charge in [-0.3, -0.25) is 10.1 Å². The zero-order chi connectivity index (χ0) is 24.1. The number of hydrogen-bond donors (Lipinski definition) is 3. The second kappa shape index (κ2) is 13.2. The number of aromatic nitrogens is 1. The number of pyridine rings is 1. The third-order valence-electron chi connectivity index (χ3n) is 3.54. The molecule has 9 nitrogen and oxygen atoms in total. The van der Waals surface area contributed by atoms with Crippen LogP contribution in [0.5, 0.6) is 11.5 Å². The zero-order valence-electron chi connectivity index (χ0n) is 19.1. The van der Waals surface area contributed by atoms with Gasteiger partial charge in [0.05, 0.1) is 11.9 Å². The highest BCUT2D eigenvalue weighted by molar-refractivity contribution is 7.80. The molecule has 2 aromatic rings. The number of hydrogen-bond acceptors (Lipinski definition) is 7. The van der Waals surface area contributed by atoms with Gasteiger partial charge in [0.25, 0.3) is 0 Å². The number of benzene rings is 1. The molecule has 0 fully saturated rings. The second-order valence-electron chi connectivity index (χ2n) is 7.38. The molecule has 0 saturated carbocycles. The van der Waals surface area contributed by atoms with Crippen molar-refractivity contribution in [2.24, 2.45) is 0 Å². The molecule has 1 heterocycles. The standard InChI is InChI=1S/C19H22N4O4S.C3H8O/c1-12-5-6-13(9-15(12)22-18(25)27-19(2,3)4)26-14-7-8-16(20-10-14)23-17(28)21-11-24;1-3-4-2/h5-11H,1-4H3,(H,22,25)(H2,20,21,23,24,28);3H2,1-2H3. The van der Waals surface area contributed by atoms with Crippen LogP contribution in [0.25, 0.3) is 0 Å². The summed E-state index contributed by atoms with van der Waals surface area (Å²) in [5.41, 5.74) is 0.868. The average molecular weight is 463 g/mol. The van der Waals surface area contributed by atoms with Crippen LogP contribution in [0.2, 0.25) is 0 Å². The summed E-state index contributed by atoms with van der Waals surface area (Å²) in [6, 6.07) is 8.66. The van der Waals surface area contributed by atoms with Crippen LogP contribution in [-0.2, 0) is 14.3 Å². The minimum atomic E-state index is -0.586. The third kappa shape index (κ3) is 10.7. The average Bonchev–Trinajstić information content (AvgIpc) is 2.71. The van der Waals surface area contributed by atoms with Crippen LogP contribution < -0.4 is 20.7 Å². The van der Waals surface area contributed by atoms with E-state index in [0.717, 1.165) is 12.2 Å². The fraction of sp³-hybridized carbons (Fsp3) is 0.364. The van der Waals surface area contributed by atoms with Crippen LogP contribution >= 0.6 is 12.2 Å². The number of thiocarbonyl (C=S) groups is 1. The molecule has 0 aliphatic heterocycles. The first kappa shape index (κ1) is 26.8. The molecule has 0 aliphatic carbocycles. The molecule has 0 atom stereocenters. The number of carbonyl (C=O) groups is 2. The number of aryl methyl sites for hydroxylation is 1. The molecular weight excluding hydrogens is 432 g/mol. The van der Waals surface area contributed by atoms with E-state index >= 15 is 0 Å². The summed E-state index contributed by atoms with van der Waals surface area (Å²) in [6.07, 6.45) is 1.45. The maximum Gasteiger partial charge on any atom is 0.412 e. The Balaban J connectivity index is 0.00000118. The molecule has 2 rings (SSSR count). The molecule has 10 heteroatoms. The monoisotopic (exact) mass is 462 g/mol. The van der Waals surface area contributed by atoms with Crippen molar-refractivity contribution in [1.82, 2.24) is 10.3 Å². The van der Waals surface area contributed by atoms with E-state index in [1.54, 1.807) is 52.1 Å². The van der Waals surface area contributed by atoms with E-state index in [1.807, 2.05) is 19.9 Å². The zero-order valence-corrected chi connectivity index (χ0v) is 20.0. The normalized spacial score (nSPS) is 10.2. The lowest BCUT2D eigenvalue weighted by Gasteiger charge is -2.20. The molecule has 0 bridgehead atoms. The molecule has 0 spiro atoms. The van der Waals surface area contributed by atoms with Gasteiger partial charge >= 0.3 is 6.09 Å². The van der Waals surface area contributed by atoms with Crippen molar-refractivity contribution < 1.29 is 23.8 Å². The predicted octanol–water partition coefficient (Wildman–Crippen LogP) is 4.62. The van der Waals surface area contributed by atoms with E-state index in [9.17, 15) is 9.59 Å². The van der Waals surface area contributed by atoms with E-state index in [0.29, 0.717) is 29.4 Å². The SMILES string of the molecule is CCOC.Cc1ccc(Oc2ccc(NC(=S)NC=O)nc2)cc1NC(=O)OC(C)(C)C. The highest BCUT2D eigenvalue weighted by Gasteiger charge is 2.17. The van der Waals surface area contributed by atoms with Gasteiger partial charge in [-0.1, -0.05) is 6.07 Å². The van der Waals surface area contributed by atoms with Gasteiger partial charge < -0.3 is 24.8 Å². The molecule has 174 valence electrons. The lowest BCUT2D eigenvalue weighted by atomic mass is 10.2. The topological polar surface area (TPSA) is 111 Å². The smallest absolute Gasteiger partial charge is 0.412 e. The Hall–Kier alpha value is -3.24. The first-order valence-corrected chi connectivity index (χ1v) is 10.2. The third-order valence-corrected chi connectivity index (χ3v) is 3.76. The molecule has 0 saturated heterocycles. The van der Waals surface area contributed by atoms with Gasteiger partial charge in [-0.05, 0) is 70.6 Å². The van der Waals surface area contributed by atoms with Crippen LogP contribution in [0.3, 0.4) is 0 Å². The number of rotatable bonds is 6. The highest BCUT2D eigenvalue weighted by Crippen LogP contribution is 2.27. The Morgan fingerprint density at radius 2 is 1.81 bits per heavy atom. The van der Waals surface area contributed by atoms with Crippen LogP contribution in [-0.4, -0.2) is 41.9 Å². The van der Waals surface area contributed by atoms with Crippen molar-refractivity contribution in [1.29, 1.82) is 0 Å². The molecule has 1 aromatic heterocycles. The molecule has 1 aromatic carbocycles. The van der Waals surface area contributed by atoms with Crippen molar-refractivity contribution in [3.05, 3.63) is 42.1 Å². The van der Waals surface area contributed by atoms with Gasteiger partial charge in [-0.15, -0.1) is 0 Å². The summed E-state index contributed by atoms with van der Waals surface area (Å²) in [6.45, 7) is 10.0. The largest absolute Gasteiger partial charge is 0.456 e. The van der Waals surface area contributed by atoms with Gasteiger partial charge in [-0.2, -0.15) is 0 Å². The summed E-state index contributed by atoms with van der Waals surface area (Å²) < 4.78 is 15.6. The Kier molecular flexibility index (Phi) is 11.1.